The molecule has 0 radical (unpaired) electrons. The second-order valence-electron chi connectivity index (χ2n) is 4.62. The molecule has 0 atom stereocenters. The predicted octanol–water partition coefficient (Wildman–Crippen LogP) is 0.142. The van der Waals surface area contributed by atoms with Crippen LogP contribution in [0.3, 0.4) is 0 Å². The van der Waals surface area contributed by atoms with Gasteiger partial charge < -0.3 is 4.90 Å². The Kier molecular flexibility index (Phi) is 3.81. The lowest BCUT2D eigenvalue weighted by Crippen LogP contribution is -2.46. The number of imide groups is 1. The first kappa shape index (κ1) is 14.0. The van der Waals surface area contributed by atoms with Gasteiger partial charge in [0.2, 0.25) is 0 Å². The van der Waals surface area contributed by atoms with E-state index in [9.17, 15) is 18.0 Å². The molecule has 0 aromatic rings. The molecule has 98 valence electrons. The minimum Gasteiger partial charge on any atom is -0.309 e. The van der Waals surface area contributed by atoms with Crippen molar-refractivity contribution in [1.29, 1.82) is 0 Å². The summed E-state index contributed by atoms with van der Waals surface area (Å²) >= 11 is 0. The summed E-state index contributed by atoms with van der Waals surface area (Å²) < 4.78 is 23.1. The van der Waals surface area contributed by atoms with Gasteiger partial charge in [0, 0.05) is 12.3 Å². The number of urea groups is 1. The van der Waals surface area contributed by atoms with E-state index >= 15 is 0 Å². The Hall–Kier alpha value is -1.11. The Morgan fingerprint density at radius 1 is 1.24 bits per heavy atom. The number of hydrogen-bond donors (Lipinski definition) is 1. The molecule has 0 aromatic carbocycles. The number of carbonyl (C=O) groups excluding carboxylic acids is 2. The van der Waals surface area contributed by atoms with Crippen LogP contribution in [0.25, 0.3) is 0 Å². The highest BCUT2D eigenvalue weighted by Gasteiger charge is 2.45. The summed E-state index contributed by atoms with van der Waals surface area (Å²) in [4.78, 5) is 24.2. The van der Waals surface area contributed by atoms with E-state index in [0.29, 0.717) is 6.42 Å². The normalized spacial score (nSPS) is 19.6. The molecule has 1 aliphatic rings. The zero-order valence-electron chi connectivity index (χ0n) is 10.3. The van der Waals surface area contributed by atoms with E-state index in [1.807, 2.05) is 0 Å². The molecule has 1 saturated heterocycles. The van der Waals surface area contributed by atoms with Gasteiger partial charge in [0.1, 0.15) is 5.54 Å². The molecule has 0 aromatic heterocycles. The standard InChI is InChI=1S/C10H18N2O4S/c1-4-6-17(15,16)7-5-12-9(14)11-8(13)10(12,2)3/h4-7H2,1-3H3,(H,11,13,14). The maximum absolute atomic E-state index is 11.5. The molecule has 3 amide bonds. The highest BCUT2D eigenvalue weighted by atomic mass is 32.2. The highest BCUT2D eigenvalue weighted by Crippen LogP contribution is 2.20. The first-order valence-corrected chi connectivity index (χ1v) is 7.36. The summed E-state index contributed by atoms with van der Waals surface area (Å²) in [5.41, 5.74) is -0.973. The fourth-order valence-corrected chi connectivity index (χ4v) is 3.01. The maximum atomic E-state index is 11.5. The fraction of sp³-hybridized carbons (Fsp3) is 0.800. The Labute approximate surface area is 101 Å². The van der Waals surface area contributed by atoms with Crippen molar-refractivity contribution in [1.82, 2.24) is 10.2 Å². The Morgan fingerprint density at radius 2 is 1.82 bits per heavy atom. The predicted molar refractivity (Wildman–Crippen MR) is 63.3 cm³/mol. The summed E-state index contributed by atoms with van der Waals surface area (Å²) in [5.74, 6) is -0.391. The summed E-state index contributed by atoms with van der Waals surface area (Å²) in [6.45, 7) is 5.03. The molecular formula is C10H18N2O4S. The van der Waals surface area contributed by atoms with Gasteiger partial charge in [-0.2, -0.15) is 0 Å². The molecule has 1 rings (SSSR count). The lowest BCUT2D eigenvalue weighted by atomic mass is 10.1. The molecule has 1 aliphatic heterocycles. The minimum atomic E-state index is -3.14. The van der Waals surface area contributed by atoms with Gasteiger partial charge in [0.15, 0.2) is 9.84 Å². The summed E-state index contributed by atoms with van der Waals surface area (Å²) in [6.07, 6.45) is 0.552. The third-order valence-corrected chi connectivity index (χ3v) is 4.67. The van der Waals surface area contributed by atoms with E-state index in [-0.39, 0.29) is 18.1 Å². The van der Waals surface area contributed by atoms with E-state index in [2.05, 4.69) is 5.32 Å². The van der Waals surface area contributed by atoms with Gasteiger partial charge in [0.25, 0.3) is 5.91 Å². The SMILES string of the molecule is CCCS(=O)(=O)CCN1C(=O)NC(=O)C1(C)C. The lowest BCUT2D eigenvalue weighted by Gasteiger charge is -2.27. The van der Waals surface area contributed by atoms with Crippen LogP contribution in [-0.4, -0.2) is 48.8 Å². The molecule has 0 spiro atoms. The molecule has 0 saturated carbocycles. The second-order valence-corrected chi connectivity index (χ2v) is 6.93. The third kappa shape index (κ3) is 2.96. The Bertz CT molecular complexity index is 428. The topological polar surface area (TPSA) is 83.6 Å². The largest absolute Gasteiger partial charge is 0.325 e. The average molecular weight is 262 g/mol. The van der Waals surface area contributed by atoms with Crippen LogP contribution in [0.4, 0.5) is 4.79 Å². The van der Waals surface area contributed by atoms with E-state index in [1.165, 1.54) is 4.90 Å². The van der Waals surface area contributed by atoms with Crippen LogP contribution in [-0.2, 0) is 14.6 Å². The molecule has 1 fully saturated rings. The quantitative estimate of drug-likeness (QED) is 0.714. The van der Waals surface area contributed by atoms with Crippen molar-refractivity contribution in [2.24, 2.45) is 0 Å². The number of hydrogen-bond acceptors (Lipinski definition) is 4. The van der Waals surface area contributed by atoms with E-state index in [1.54, 1.807) is 20.8 Å². The van der Waals surface area contributed by atoms with E-state index in [0.717, 1.165) is 0 Å². The van der Waals surface area contributed by atoms with Gasteiger partial charge in [-0.15, -0.1) is 0 Å². The monoisotopic (exact) mass is 262 g/mol. The smallest absolute Gasteiger partial charge is 0.309 e. The number of nitrogens with zero attached hydrogens (tertiary/aromatic N) is 1. The van der Waals surface area contributed by atoms with Crippen LogP contribution in [0.5, 0.6) is 0 Å². The molecule has 1 N–H and O–H groups in total. The van der Waals surface area contributed by atoms with Crippen LogP contribution in [0.1, 0.15) is 27.2 Å². The van der Waals surface area contributed by atoms with Crippen molar-refractivity contribution in [3.63, 3.8) is 0 Å². The Morgan fingerprint density at radius 3 is 2.24 bits per heavy atom. The molecule has 0 unspecified atom stereocenters. The average Bonchev–Trinajstić information content (AvgIpc) is 2.34. The van der Waals surface area contributed by atoms with Gasteiger partial charge in [-0.05, 0) is 20.3 Å². The minimum absolute atomic E-state index is 0.0485. The molecule has 7 heteroatoms. The first-order valence-electron chi connectivity index (χ1n) is 5.54. The summed E-state index contributed by atoms with van der Waals surface area (Å²) in [7, 11) is -3.14. The van der Waals surface area contributed by atoms with Gasteiger partial charge in [-0.3, -0.25) is 10.1 Å². The summed E-state index contributed by atoms with van der Waals surface area (Å²) in [6, 6.07) is -0.522. The number of carbonyl (C=O) groups is 2. The van der Waals surface area contributed by atoms with Crippen LogP contribution in [0, 0.1) is 0 Å². The van der Waals surface area contributed by atoms with Gasteiger partial charge >= 0.3 is 6.03 Å². The van der Waals surface area contributed by atoms with E-state index in [4.69, 9.17) is 0 Å². The van der Waals surface area contributed by atoms with Crippen molar-refractivity contribution in [2.75, 3.05) is 18.1 Å². The van der Waals surface area contributed by atoms with E-state index < -0.39 is 27.3 Å². The van der Waals surface area contributed by atoms with Crippen LogP contribution in [0.15, 0.2) is 0 Å². The van der Waals surface area contributed by atoms with Gasteiger partial charge in [-0.1, -0.05) is 6.92 Å². The number of amides is 3. The summed E-state index contributed by atoms with van der Waals surface area (Å²) in [5, 5.41) is 2.18. The molecule has 6 nitrogen and oxygen atoms in total. The number of rotatable bonds is 5. The Balaban J connectivity index is 2.70. The molecular weight excluding hydrogens is 244 g/mol. The van der Waals surface area contributed by atoms with Crippen molar-refractivity contribution in [3.8, 4) is 0 Å². The molecule has 1 heterocycles. The fourth-order valence-electron chi connectivity index (χ4n) is 1.72. The lowest BCUT2D eigenvalue weighted by molar-refractivity contribution is -0.125. The van der Waals surface area contributed by atoms with Gasteiger partial charge in [-0.25, -0.2) is 13.2 Å². The van der Waals surface area contributed by atoms with Crippen molar-refractivity contribution in [3.05, 3.63) is 0 Å². The molecule has 0 aliphatic carbocycles. The first-order chi connectivity index (χ1) is 7.70. The number of sulfone groups is 1. The van der Waals surface area contributed by atoms with Crippen molar-refractivity contribution in [2.45, 2.75) is 32.7 Å². The van der Waals surface area contributed by atoms with Crippen molar-refractivity contribution >= 4 is 21.8 Å². The highest BCUT2D eigenvalue weighted by molar-refractivity contribution is 7.91. The second kappa shape index (κ2) is 4.64. The maximum Gasteiger partial charge on any atom is 0.325 e. The molecule has 17 heavy (non-hydrogen) atoms. The van der Waals surface area contributed by atoms with Crippen molar-refractivity contribution < 1.29 is 18.0 Å². The van der Waals surface area contributed by atoms with Gasteiger partial charge in [0.05, 0.1) is 5.75 Å². The third-order valence-electron chi connectivity index (χ3n) is 2.84. The van der Waals surface area contributed by atoms with Crippen LogP contribution >= 0.6 is 0 Å². The zero-order valence-corrected chi connectivity index (χ0v) is 11.1. The zero-order chi connectivity index (χ0) is 13.3. The molecule has 0 bridgehead atoms. The van der Waals surface area contributed by atoms with Crippen LogP contribution in [0.2, 0.25) is 0 Å². The number of nitrogens with one attached hydrogen (secondary N) is 1. The van der Waals surface area contributed by atoms with Crippen LogP contribution < -0.4 is 5.32 Å².